The highest BCUT2D eigenvalue weighted by Gasteiger charge is 2.41. The first-order chi connectivity index (χ1) is 12.9. The van der Waals surface area contributed by atoms with Gasteiger partial charge in [-0.3, -0.25) is 10.1 Å². The average molecular weight is 390 g/mol. The minimum absolute atomic E-state index is 0.0723. The zero-order valence-electron chi connectivity index (χ0n) is 14.1. The van der Waals surface area contributed by atoms with Gasteiger partial charge in [-0.25, -0.2) is 8.42 Å². The van der Waals surface area contributed by atoms with E-state index in [1.165, 1.54) is 22.7 Å². The number of nitrogens with zero attached hydrogens (tertiary/aromatic N) is 4. The largest absolute Gasteiger partial charge is 0.461 e. The van der Waals surface area contributed by atoms with Crippen molar-refractivity contribution in [3.8, 4) is 11.6 Å². The standard InChI is InChI=1S/C16H14N4O6S/c1-10-4-5-12(20(21)22)7-14(10)27(23,24)19-8-11(9-19)16-17-15(18-26-16)13-3-2-6-25-13/h2-7,11H,8-9H2,1H3. The van der Waals surface area contributed by atoms with Gasteiger partial charge in [0, 0.05) is 25.2 Å². The second-order valence-corrected chi connectivity index (χ2v) is 8.07. The molecule has 140 valence electrons. The molecule has 1 saturated heterocycles. The predicted molar refractivity (Wildman–Crippen MR) is 91.3 cm³/mol. The van der Waals surface area contributed by atoms with Crippen LogP contribution in [0.25, 0.3) is 11.6 Å². The predicted octanol–water partition coefficient (Wildman–Crippen LogP) is 2.33. The summed E-state index contributed by atoms with van der Waals surface area (Å²) in [4.78, 5) is 14.5. The molecule has 0 N–H and O–H groups in total. The average Bonchev–Trinajstić information content (AvgIpc) is 3.24. The summed E-state index contributed by atoms with van der Waals surface area (Å²) in [5.74, 6) is 0.838. The summed E-state index contributed by atoms with van der Waals surface area (Å²) in [5.41, 5.74) is 0.179. The molecule has 4 rings (SSSR count). The molecule has 10 nitrogen and oxygen atoms in total. The number of non-ortho nitro benzene ring substituents is 1. The molecular formula is C16H14N4O6S. The Bertz CT molecular complexity index is 1100. The van der Waals surface area contributed by atoms with E-state index in [9.17, 15) is 18.5 Å². The van der Waals surface area contributed by atoms with Crippen molar-refractivity contribution < 1.29 is 22.3 Å². The third kappa shape index (κ3) is 3.00. The maximum atomic E-state index is 12.8. The van der Waals surface area contributed by atoms with Crippen LogP contribution in [-0.4, -0.2) is 40.9 Å². The smallest absolute Gasteiger partial charge is 0.270 e. The highest BCUT2D eigenvalue weighted by Crippen LogP contribution is 2.34. The number of aromatic nitrogens is 2. The normalized spacial score (nSPS) is 15.6. The van der Waals surface area contributed by atoms with Gasteiger partial charge in [-0.15, -0.1) is 0 Å². The van der Waals surface area contributed by atoms with Crippen molar-refractivity contribution in [2.24, 2.45) is 0 Å². The first-order valence-electron chi connectivity index (χ1n) is 7.99. The highest BCUT2D eigenvalue weighted by molar-refractivity contribution is 7.89. The van der Waals surface area contributed by atoms with Gasteiger partial charge in [-0.05, 0) is 24.6 Å². The molecule has 0 bridgehead atoms. The van der Waals surface area contributed by atoms with Gasteiger partial charge in [0.15, 0.2) is 5.76 Å². The van der Waals surface area contributed by atoms with Crippen LogP contribution >= 0.6 is 0 Å². The fourth-order valence-corrected chi connectivity index (χ4v) is 4.59. The van der Waals surface area contributed by atoms with Gasteiger partial charge in [0.1, 0.15) is 0 Å². The van der Waals surface area contributed by atoms with Crippen molar-refractivity contribution in [1.29, 1.82) is 0 Å². The summed E-state index contributed by atoms with van der Waals surface area (Å²) in [5, 5.41) is 14.8. The van der Waals surface area contributed by atoms with E-state index in [1.807, 2.05) is 0 Å². The van der Waals surface area contributed by atoms with Crippen LogP contribution in [0.1, 0.15) is 17.4 Å². The van der Waals surface area contributed by atoms with Gasteiger partial charge >= 0.3 is 0 Å². The van der Waals surface area contributed by atoms with Crippen LogP contribution in [-0.2, 0) is 10.0 Å². The lowest BCUT2D eigenvalue weighted by Gasteiger charge is -2.36. The monoisotopic (exact) mass is 390 g/mol. The quantitative estimate of drug-likeness (QED) is 0.479. The maximum Gasteiger partial charge on any atom is 0.270 e. The van der Waals surface area contributed by atoms with Crippen LogP contribution in [0.5, 0.6) is 0 Å². The summed E-state index contributed by atoms with van der Waals surface area (Å²) in [6.45, 7) is 1.91. The minimum Gasteiger partial charge on any atom is -0.461 e. The topological polar surface area (TPSA) is 133 Å². The Morgan fingerprint density at radius 3 is 2.74 bits per heavy atom. The zero-order valence-corrected chi connectivity index (χ0v) is 14.9. The second kappa shape index (κ2) is 6.28. The summed E-state index contributed by atoms with van der Waals surface area (Å²) in [6, 6.07) is 7.18. The van der Waals surface area contributed by atoms with E-state index in [2.05, 4.69) is 10.1 Å². The summed E-state index contributed by atoms with van der Waals surface area (Å²) in [7, 11) is -3.85. The van der Waals surface area contributed by atoms with E-state index in [0.29, 0.717) is 23.0 Å². The van der Waals surface area contributed by atoms with Gasteiger partial charge in [-0.1, -0.05) is 11.2 Å². The molecule has 0 amide bonds. The van der Waals surface area contributed by atoms with Gasteiger partial charge in [0.05, 0.1) is 22.0 Å². The molecule has 3 aromatic rings. The van der Waals surface area contributed by atoms with Crippen LogP contribution in [0, 0.1) is 17.0 Å². The number of hydrogen-bond acceptors (Lipinski definition) is 8. The Labute approximate surface area is 153 Å². The summed E-state index contributed by atoms with van der Waals surface area (Å²) < 4.78 is 37.2. The number of furan rings is 1. The van der Waals surface area contributed by atoms with Crippen molar-refractivity contribution in [1.82, 2.24) is 14.4 Å². The molecule has 0 saturated carbocycles. The summed E-state index contributed by atoms with van der Waals surface area (Å²) >= 11 is 0. The lowest BCUT2D eigenvalue weighted by molar-refractivity contribution is -0.385. The van der Waals surface area contributed by atoms with Crippen LogP contribution in [0.2, 0.25) is 0 Å². The Morgan fingerprint density at radius 1 is 1.30 bits per heavy atom. The number of rotatable bonds is 5. The number of nitro benzene ring substituents is 1. The van der Waals surface area contributed by atoms with E-state index < -0.39 is 14.9 Å². The van der Waals surface area contributed by atoms with Gasteiger partial charge in [-0.2, -0.15) is 9.29 Å². The van der Waals surface area contributed by atoms with E-state index in [1.54, 1.807) is 19.1 Å². The number of nitro groups is 1. The highest BCUT2D eigenvalue weighted by atomic mass is 32.2. The number of sulfonamides is 1. The Hall–Kier alpha value is -3.05. The number of aryl methyl sites for hydroxylation is 1. The van der Waals surface area contributed by atoms with Gasteiger partial charge in [0.2, 0.25) is 21.7 Å². The molecule has 0 unspecified atom stereocenters. The van der Waals surface area contributed by atoms with Crippen molar-refractivity contribution in [3.63, 3.8) is 0 Å². The van der Waals surface area contributed by atoms with Crippen molar-refractivity contribution >= 4 is 15.7 Å². The molecular weight excluding hydrogens is 376 g/mol. The van der Waals surface area contributed by atoms with Crippen molar-refractivity contribution in [2.75, 3.05) is 13.1 Å². The second-order valence-electron chi connectivity index (χ2n) is 6.16. The van der Waals surface area contributed by atoms with Gasteiger partial charge < -0.3 is 8.94 Å². The van der Waals surface area contributed by atoms with E-state index in [4.69, 9.17) is 8.94 Å². The molecule has 27 heavy (non-hydrogen) atoms. The van der Waals surface area contributed by atoms with Gasteiger partial charge in [0.25, 0.3) is 5.69 Å². The first kappa shape index (κ1) is 17.4. The Morgan fingerprint density at radius 2 is 2.07 bits per heavy atom. The fraction of sp³-hybridized carbons (Fsp3) is 0.250. The molecule has 2 aromatic heterocycles. The molecule has 0 aliphatic carbocycles. The molecule has 3 heterocycles. The lowest BCUT2D eigenvalue weighted by Crippen LogP contribution is -2.48. The molecule has 11 heteroatoms. The molecule has 0 atom stereocenters. The third-order valence-corrected chi connectivity index (χ3v) is 6.35. The van der Waals surface area contributed by atoms with Crippen LogP contribution < -0.4 is 0 Å². The molecule has 1 aliphatic rings. The molecule has 1 aromatic carbocycles. The zero-order chi connectivity index (χ0) is 19.2. The molecule has 1 aliphatic heterocycles. The van der Waals surface area contributed by atoms with Crippen LogP contribution in [0.4, 0.5) is 5.69 Å². The fourth-order valence-electron chi connectivity index (χ4n) is 2.82. The third-order valence-electron chi connectivity index (χ3n) is 4.38. The van der Waals surface area contributed by atoms with Crippen LogP contribution in [0.15, 0.2) is 50.4 Å². The van der Waals surface area contributed by atoms with E-state index in [0.717, 1.165) is 6.07 Å². The molecule has 0 spiro atoms. The van der Waals surface area contributed by atoms with E-state index in [-0.39, 0.29) is 29.6 Å². The maximum absolute atomic E-state index is 12.8. The summed E-state index contributed by atoms with van der Waals surface area (Å²) in [6.07, 6.45) is 1.49. The minimum atomic E-state index is -3.85. The first-order valence-corrected chi connectivity index (χ1v) is 9.43. The number of hydrogen-bond donors (Lipinski definition) is 0. The Balaban J connectivity index is 1.52. The SMILES string of the molecule is Cc1ccc([N+](=O)[O-])cc1S(=O)(=O)N1CC(c2nc(-c3ccco3)no2)C1. The van der Waals surface area contributed by atoms with Crippen molar-refractivity contribution in [2.45, 2.75) is 17.7 Å². The van der Waals surface area contributed by atoms with E-state index >= 15 is 0 Å². The van der Waals surface area contributed by atoms with Crippen molar-refractivity contribution in [3.05, 3.63) is 58.2 Å². The Kier molecular flexibility index (Phi) is 4.04. The molecule has 0 radical (unpaired) electrons. The lowest BCUT2D eigenvalue weighted by atomic mass is 10.0. The molecule has 1 fully saturated rings. The van der Waals surface area contributed by atoms with Crippen LogP contribution in [0.3, 0.4) is 0 Å². The number of benzene rings is 1.